The van der Waals surface area contributed by atoms with E-state index in [4.69, 9.17) is 13.7 Å². The van der Waals surface area contributed by atoms with E-state index in [9.17, 15) is 0 Å². The highest BCUT2D eigenvalue weighted by molar-refractivity contribution is 7.60. The Bertz CT molecular complexity index is 60.0. The van der Waals surface area contributed by atoms with Crippen molar-refractivity contribution in [2.75, 3.05) is 0 Å². The lowest BCUT2D eigenvalue weighted by molar-refractivity contribution is 0.573. The second-order valence-corrected chi connectivity index (χ2v) is 23.1. The lowest BCUT2D eigenvalue weighted by Crippen LogP contribution is -2.33. The molecule has 0 bridgehead atoms. The van der Waals surface area contributed by atoms with Crippen LogP contribution in [0.1, 0.15) is 0 Å². The minimum absolute atomic E-state index is 0.152. The third-order valence-corrected chi connectivity index (χ3v) is 29.8. The van der Waals surface area contributed by atoms with Gasteiger partial charge in [0.15, 0.2) is 34.7 Å². The van der Waals surface area contributed by atoms with Crippen LogP contribution in [0.25, 0.3) is 0 Å². The maximum atomic E-state index is 8.92. The third-order valence-electron chi connectivity index (χ3n) is 0.975. The molecule has 1 aliphatic heterocycles. The highest BCUT2D eigenvalue weighted by atomic mass is 29.8. The molecule has 0 amide bonds. The fourth-order valence-electron chi connectivity index (χ4n) is 0.395. The lowest BCUT2D eigenvalue weighted by Gasteiger charge is -1.92. The van der Waals surface area contributed by atoms with Gasteiger partial charge in [-0.1, -0.05) is 0 Å². The SMILES string of the molecule is O[SiH2][SiH](O)[SiH]1O[SiH2]1. The largest absolute Gasteiger partial charge is 0.464 e. The molecule has 3 nitrogen and oxygen atoms in total. The molecule has 0 aliphatic carbocycles. The molecule has 1 heterocycles. The topological polar surface area (TPSA) is 53.0 Å². The second kappa shape index (κ2) is 2.35. The Morgan fingerprint density at radius 3 is 2.57 bits per heavy atom. The normalized spacial score (nSPS) is 37.7. The third kappa shape index (κ3) is 1.60. The average molecular weight is 168 g/mol. The van der Waals surface area contributed by atoms with Gasteiger partial charge in [0, 0.05) is 0 Å². The molecule has 0 spiro atoms. The minimum Gasteiger partial charge on any atom is -0.464 e. The van der Waals surface area contributed by atoms with E-state index in [-0.39, 0.29) is 9.28 Å². The molecule has 0 aromatic rings. The zero-order chi connectivity index (χ0) is 5.28. The van der Waals surface area contributed by atoms with E-state index >= 15 is 0 Å². The van der Waals surface area contributed by atoms with Crippen LogP contribution >= 0.6 is 0 Å². The molecule has 7 heavy (non-hydrogen) atoms. The Hall–Kier alpha value is 0.748. The molecule has 0 radical (unpaired) electrons. The standard InChI is InChI=1S/H8O3Si4/c1-4-6(2)7-3-5-7/h1-2,6-7H,4-5H2. The summed E-state index contributed by atoms with van der Waals surface area (Å²) in [7, 11) is -3.47. The Balaban J connectivity index is 2.10. The summed E-state index contributed by atoms with van der Waals surface area (Å²) in [4.78, 5) is 17.4. The molecule has 1 saturated heterocycles. The van der Waals surface area contributed by atoms with E-state index < -0.39 is 25.4 Å². The first-order valence-electron chi connectivity index (χ1n) is 2.25. The van der Waals surface area contributed by atoms with Crippen LogP contribution in [0.5, 0.6) is 0 Å². The van der Waals surface area contributed by atoms with Gasteiger partial charge >= 0.3 is 0 Å². The number of rotatable bonds is 2. The van der Waals surface area contributed by atoms with E-state index in [1.807, 2.05) is 0 Å². The molecular weight excluding hydrogens is 160 g/mol. The summed E-state index contributed by atoms with van der Waals surface area (Å²) in [5, 5.41) is 0. The predicted octanol–water partition coefficient (Wildman–Crippen LogP) is -4.31. The molecule has 2 N–H and O–H groups in total. The predicted molar refractivity (Wildman–Crippen MR) is 36.9 cm³/mol. The molecular formula is H8O3Si4. The van der Waals surface area contributed by atoms with Crippen molar-refractivity contribution in [3.05, 3.63) is 0 Å². The monoisotopic (exact) mass is 168 g/mol. The summed E-state index contributed by atoms with van der Waals surface area (Å²) in [6, 6.07) is 0. The van der Waals surface area contributed by atoms with Gasteiger partial charge in [-0.25, -0.2) is 0 Å². The van der Waals surface area contributed by atoms with E-state index in [1.54, 1.807) is 0 Å². The fourth-order valence-corrected chi connectivity index (χ4v) is 25.0. The molecule has 1 aliphatic rings. The van der Waals surface area contributed by atoms with Crippen molar-refractivity contribution in [1.82, 2.24) is 0 Å². The zero-order valence-corrected chi connectivity index (χ0v) is 9.01. The van der Waals surface area contributed by atoms with Crippen LogP contribution in [-0.2, 0) is 4.12 Å². The number of hydrogen-bond acceptors (Lipinski definition) is 3. The summed E-state index contributed by atoms with van der Waals surface area (Å²) >= 11 is 0. The lowest BCUT2D eigenvalue weighted by atomic mass is 15.8. The van der Waals surface area contributed by atoms with Gasteiger partial charge in [-0.2, -0.15) is 0 Å². The van der Waals surface area contributed by atoms with Crippen molar-refractivity contribution in [2.24, 2.45) is 0 Å². The highest BCUT2D eigenvalue weighted by Gasteiger charge is 2.35. The number of hydrogen-bond donors (Lipinski definition) is 2. The Morgan fingerprint density at radius 2 is 2.43 bits per heavy atom. The van der Waals surface area contributed by atoms with Crippen molar-refractivity contribution in [3.8, 4) is 0 Å². The van der Waals surface area contributed by atoms with Crippen LogP contribution in [-0.4, -0.2) is 44.3 Å². The van der Waals surface area contributed by atoms with Crippen LogP contribution in [0.15, 0.2) is 0 Å². The van der Waals surface area contributed by atoms with Gasteiger partial charge in [0.05, 0.1) is 0 Å². The van der Waals surface area contributed by atoms with Crippen molar-refractivity contribution < 1.29 is 13.7 Å². The Morgan fingerprint density at radius 1 is 1.86 bits per heavy atom. The van der Waals surface area contributed by atoms with Crippen molar-refractivity contribution in [2.45, 2.75) is 0 Å². The Labute approximate surface area is 49.0 Å². The van der Waals surface area contributed by atoms with Gasteiger partial charge in [-0.3, -0.25) is 0 Å². The summed E-state index contributed by atoms with van der Waals surface area (Å²) < 4.78 is 5.03. The van der Waals surface area contributed by atoms with Crippen molar-refractivity contribution in [3.63, 3.8) is 0 Å². The van der Waals surface area contributed by atoms with Crippen LogP contribution in [0, 0.1) is 0 Å². The van der Waals surface area contributed by atoms with Gasteiger partial charge in [0.1, 0.15) is 0 Å². The maximum Gasteiger partial charge on any atom is 0.198 e. The molecule has 42 valence electrons. The van der Waals surface area contributed by atoms with Gasteiger partial charge in [0.2, 0.25) is 0 Å². The Kier molecular flexibility index (Phi) is 1.97. The smallest absolute Gasteiger partial charge is 0.198 e. The minimum atomic E-state index is -1.47. The van der Waals surface area contributed by atoms with E-state index in [0.717, 1.165) is 0 Å². The van der Waals surface area contributed by atoms with Gasteiger partial charge in [-0.15, -0.1) is 0 Å². The van der Waals surface area contributed by atoms with Crippen LogP contribution in [0.2, 0.25) is 0 Å². The summed E-state index contributed by atoms with van der Waals surface area (Å²) in [5.41, 5.74) is 0. The molecule has 0 aromatic heterocycles. The fraction of sp³-hybridized carbons (Fsp3) is 0. The van der Waals surface area contributed by atoms with Crippen molar-refractivity contribution in [1.29, 1.82) is 0 Å². The van der Waals surface area contributed by atoms with Gasteiger partial charge in [0.25, 0.3) is 0 Å². The second-order valence-electron chi connectivity index (χ2n) is 1.62. The molecule has 0 saturated carbocycles. The van der Waals surface area contributed by atoms with Crippen LogP contribution < -0.4 is 0 Å². The average Bonchev–Trinajstić information content (AvgIpc) is 2.44. The molecule has 0 aromatic carbocycles. The van der Waals surface area contributed by atoms with Gasteiger partial charge < -0.3 is 13.7 Å². The zero-order valence-electron chi connectivity index (χ0n) is 3.87. The van der Waals surface area contributed by atoms with Crippen LogP contribution in [0.3, 0.4) is 0 Å². The first-order valence-corrected chi connectivity index (χ1v) is 13.6. The van der Waals surface area contributed by atoms with Crippen LogP contribution in [0.4, 0.5) is 0 Å². The summed E-state index contributed by atoms with van der Waals surface area (Å²) in [6.07, 6.45) is 0. The maximum absolute atomic E-state index is 8.92. The molecule has 7 heteroatoms. The summed E-state index contributed by atoms with van der Waals surface area (Å²) in [5.74, 6) is 0. The molecule has 2 atom stereocenters. The van der Waals surface area contributed by atoms with E-state index in [2.05, 4.69) is 0 Å². The van der Waals surface area contributed by atoms with E-state index in [1.165, 1.54) is 0 Å². The quantitative estimate of drug-likeness (QED) is 0.324. The highest BCUT2D eigenvalue weighted by Crippen LogP contribution is 1.99. The van der Waals surface area contributed by atoms with Gasteiger partial charge in [-0.05, 0) is 0 Å². The molecule has 1 rings (SSSR count). The van der Waals surface area contributed by atoms with E-state index in [0.29, 0.717) is 0 Å². The summed E-state index contributed by atoms with van der Waals surface area (Å²) in [6.45, 7) is 0. The van der Waals surface area contributed by atoms with Crippen molar-refractivity contribution >= 4 is 34.7 Å². The first-order chi connectivity index (χ1) is 3.34. The molecule has 2 unspecified atom stereocenters. The first kappa shape index (κ1) is 5.88. The molecule has 1 fully saturated rings.